The lowest BCUT2D eigenvalue weighted by Crippen LogP contribution is -1.98. The summed E-state index contributed by atoms with van der Waals surface area (Å²) >= 11 is 0. The van der Waals surface area contributed by atoms with Gasteiger partial charge in [-0.05, 0) is 12.8 Å². The third-order valence-corrected chi connectivity index (χ3v) is 1.75. The fourth-order valence-electron chi connectivity index (χ4n) is 1.08. The Bertz CT molecular complexity index is 421. The van der Waals surface area contributed by atoms with Crippen LogP contribution < -0.4 is 0 Å². The number of aldehydes is 1. The largest absolute Gasteiger partial charge is 0.398 e. The molecule has 1 aromatic rings. The van der Waals surface area contributed by atoms with E-state index in [1.807, 2.05) is 0 Å². The van der Waals surface area contributed by atoms with Gasteiger partial charge in [0, 0.05) is 11.1 Å². The van der Waals surface area contributed by atoms with E-state index < -0.39 is 0 Å². The van der Waals surface area contributed by atoms with Crippen molar-refractivity contribution in [1.29, 1.82) is 0 Å². The Hall–Kier alpha value is -2.08. The van der Waals surface area contributed by atoms with E-state index in [1.54, 1.807) is 31.2 Å². The molecule has 0 saturated carbocycles. The van der Waals surface area contributed by atoms with Crippen LogP contribution >= 0.6 is 0 Å². The van der Waals surface area contributed by atoms with Gasteiger partial charge in [-0.1, -0.05) is 35.3 Å². The third-order valence-electron chi connectivity index (χ3n) is 1.75. The molecule has 3 heteroatoms. The molecule has 3 nitrogen and oxygen atoms in total. The molecule has 0 saturated heterocycles. The van der Waals surface area contributed by atoms with Crippen LogP contribution in [0.15, 0.2) is 29.4 Å². The summed E-state index contributed by atoms with van der Waals surface area (Å²) in [7, 11) is 1.47. The molecule has 0 amide bonds. The van der Waals surface area contributed by atoms with E-state index in [4.69, 9.17) is 0 Å². The van der Waals surface area contributed by atoms with Crippen molar-refractivity contribution in [2.24, 2.45) is 5.16 Å². The van der Waals surface area contributed by atoms with E-state index in [0.29, 0.717) is 11.3 Å². The van der Waals surface area contributed by atoms with Crippen LogP contribution in [0.25, 0.3) is 0 Å². The van der Waals surface area contributed by atoms with Crippen molar-refractivity contribution in [2.45, 2.75) is 6.92 Å². The summed E-state index contributed by atoms with van der Waals surface area (Å²) in [6.45, 7) is 1.73. The van der Waals surface area contributed by atoms with E-state index in [-0.39, 0.29) is 0 Å². The van der Waals surface area contributed by atoms with Crippen LogP contribution in [-0.4, -0.2) is 19.1 Å². The van der Waals surface area contributed by atoms with Gasteiger partial charge in [-0.25, -0.2) is 0 Å². The zero-order valence-corrected chi connectivity index (χ0v) is 8.65. The molecular formula is C12H11NO2. The summed E-state index contributed by atoms with van der Waals surface area (Å²) in [5, 5.41) is 3.79. The topological polar surface area (TPSA) is 38.7 Å². The van der Waals surface area contributed by atoms with Gasteiger partial charge in [0.1, 0.15) is 13.4 Å². The number of hydrogen-bond donors (Lipinski definition) is 0. The minimum atomic E-state index is 0.553. The predicted octanol–water partition coefficient (Wildman–Crippen LogP) is 1.87. The molecule has 0 fully saturated rings. The lowest BCUT2D eigenvalue weighted by atomic mass is 10.1. The number of oxime groups is 1. The average molecular weight is 201 g/mol. The van der Waals surface area contributed by atoms with Gasteiger partial charge in [-0.2, -0.15) is 0 Å². The van der Waals surface area contributed by atoms with Crippen molar-refractivity contribution in [3.05, 3.63) is 35.4 Å². The Morgan fingerprint density at radius 2 is 2.07 bits per heavy atom. The minimum Gasteiger partial charge on any atom is -0.398 e. The van der Waals surface area contributed by atoms with E-state index in [9.17, 15) is 4.79 Å². The highest BCUT2D eigenvalue weighted by molar-refractivity contribution is 6.12. The van der Waals surface area contributed by atoms with Crippen LogP contribution in [-0.2, 0) is 4.84 Å². The van der Waals surface area contributed by atoms with Gasteiger partial charge < -0.3 is 4.84 Å². The summed E-state index contributed by atoms with van der Waals surface area (Å²) in [5.74, 6) is 5.57. The van der Waals surface area contributed by atoms with Crippen LogP contribution in [0.4, 0.5) is 0 Å². The molecule has 0 spiro atoms. The zero-order valence-electron chi connectivity index (χ0n) is 8.65. The Kier molecular flexibility index (Phi) is 4.11. The molecule has 0 aliphatic carbocycles. The van der Waals surface area contributed by atoms with Crippen LogP contribution in [0.5, 0.6) is 0 Å². The number of carbonyl (C=O) groups excluding carboxylic acids is 1. The quantitative estimate of drug-likeness (QED) is 0.324. The van der Waals surface area contributed by atoms with Gasteiger partial charge in [0.2, 0.25) is 0 Å². The SMILES string of the molecule is CC#C/C(=N/OC)c1ccc(C=O)cc1. The number of rotatable bonds is 3. The van der Waals surface area contributed by atoms with E-state index in [0.717, 1.165) is 11.8 Å². The highest BCUT2D eigenvalue weighted by Gasteiger charge is 2.00. The first kappa shape index (κ1) is 11.0. The third kappa shape index (κ3) is 2.96. The summed E-state index contributed by atoms with van der Waals surface area (Å²) in [5.41, 5.74) is 2.01. The highest BCUT2D eigenvalue weighted by Crippen LogP contribution is 2.04. The summed E-state index contributed by atoms with van der Waals surface area (Å²) < 4.78 is 0. The molecule has 0 heterocycles. The molecule has 0 aliphatic heterocycles. The minimum absolute atomic E-state index is 0.553. The zero-order chi connectivity index (χ0) is 11.1. The summed E-state index contributed by atoms with van der Waals surface area (Å²) in [6, 6.07) is 6.99. The molecule has 0 N–H and O–H groups in total. The average Bonchev–Trinajstić information content (AvgIpc) is 2.29. The van der Waals surface area contributed by atoms with Gasteiger partial charge in [-0.3, -0.25) is 4.79 Å². The summed E-state index contributed by atoms with van der Waals surface area (Å²) in [4.78, 5) is 15.1. The highest BCUT2D eigenvalue weighted by atomic mass is 16.6. The number of benzene rings is 1. The molecule has 76 valence electrons. The summed E-state index contributed by atoms with van der Waals surface area (Å²) in [6.07, 6.45) is 0.794. The van der Waals surface area contributed by atoms with E-state index >= 15 is 0 Å². The molecule has 15 heavy (non-hydrogen) atoms. The van der Waals surface area contributed by atoms with Crippen molar-refractivity contribution < 1.29 is 9.63 Å². The monoisotopic (exact) mass is 201 g/mol. The van der Waals surface area contributed by atoms with Gasteiger partial charge in [-0.15, -0.1) is 0 Å². The normalized spacial score (nSPS) is 10.1. The molecule has 0 radical (unpaired) electrons. The van der Waals surface area contributed by atoms with Gasteiger partial charge in [0.15, 0.2) is 5.71 Å². The second-order valence-corrected chi connectivity index (χ2v) is 2.74. The van der Waals surface area contributed by atoms with Gasteiger partial charge in [0.05, 0.1) is 0 Å². The van der Waals surface area contributed by atoms with Crippen molar-refractivity contribution in [1.82, 2.24) is 0 Å². The maximum atomic E-state index is 10.5. The molecule has 0 atom stereocenters. The first-order valence-electron chi connectivity index (χ1n) is 4.41. The standard InChI is InChI=1S/C12H11NO2/c1-3-4-12(13-15-2)11-7-5-10(9-14)6-8-11/h5-9H,1-2H3/b13-12-. The first-order chi connectivity index (χ1) is 7.31. The van der Waals surface area contributed by atoms with Crippen LogP contribution in [0, 0.1) is 11.8 Å². The molecule has 0 aromatic heterocycles. The first-order valence-corrected chi connectivity index (χ1v) is 4.41. The second kappa shape index (κ2) is 5.61. The van der Waals surface area contributed by atoms with E-state index in [2.05, 4.69) is 21.8 Å². The Balaban J connectivity index is 3.05. The van der Waals surface area contributed by atoms with Crippen molar-refractivity contribution in [3.8, 4) is 11.8 Å². The number of carbonyl (C=O) groups is 1. The maximum Gasteiger partial charge on any atom is 0.159 e. The molecule has 1 aromatic carbocycles. The van der Waals surface area contributed by atoms with Crippen LogP contribution in [0.2, 0.25) is 0 Å². The van der Waals surface area contributed by atoms with Crippen LogP contribution in [0.3, 0.4) is 0 Å². The van der Waals surface area contributed by atoms with Crippen LogP contribution in [0.1, 0.15) is 22.8 Å². The van der Waals surface area contributed by atoms with Crippen molar-refractivity contribution >= 4 is 12.0 Å². The second-order valence-electron chi connectivity index (χ2n) is 2.74. The van der Waals surface area contributed by atoms with Gasteiger partial charge in [0.25, 0.3) is 0 Å². The maximum absolute atomic E-state index is 10.5. The Morgan fingerprint density at radius 3 is 2.53 bits per heavy atom. The molecule has 0 bridgehead atoms. The Morgan fingerprint density at radius 1 is 1.40 bits per heavy atom. The van der Waals surface area contributed by atoms with Crippen molar-refractivity contribution in [2.75, 3.05) is 7.11 Å². The van der Waals surface area contributed by atoms with E-state index in [1.165, 1.54) is 7.11 Å². The molecule has 1 rings (SSSR count). The fraction of sp³-hybridized carbons (Fsp3) is 0.167. The predicted molar refractivity (Wildman–Crippen MR) is 58.8 cm³/mol. The van der Waals surface area contributed by atoms with Crippen molar-refractivity contribution in [3.63, 3.8) is 0 Å². The fourth-order valence-corrected chi connectivity index (χ4v) is 1.08. The molecule has 0 unspecified atom stereocenters. The molecule has 0 aliphatic rings. The number of hydrogen-bond acceptors (Lipinski definition) is 3. The number of nitrogens with zero attached hydrogens (tertiary/aromatic N) is 1. The lowest BCUT2D eigenvalue weighted by molar-refractivity contribution is 0.112. The Labute approximate surface area is 88.7 Å². The van der Waals surface area contributed by atoms with Gasteiger partial charge >= 0.3 is 0 Å². The lowest BCUT2D eigenvalue weighted by Gasteiger charge is -1.98. The molecular weight excluding hydrogens is 190 g/mol. The smallest absolute Gasteiger partial charge is 0.159 e.